The van der Waals surface area contributed by atoms with Gasteiger partial charge in [0.15, 0.2) is 0 Å². The number of hydrogen-bond donors (Lipinski definition) is 0. The van der Waals surface area contributed by atoms with E-state index in [2.05, 4.69) is 0 Å². The highest BCUT2D eigenvalue weighted by Crippen LogP contribution is 2.23. The van der Waals surface area contributed by atoms with E-state index in [4.69, 9.17) is 13.7 Å². The number of hydrogen-bond acceptors (Lipinski definition) is 6. The van der Waals surface area contributed by atoms with E-state index in [9.17, 15) is 13.2 Å². The zero-order valence-corrected chi connectivity index (χ0v) is 12.7. The molecule has 0 aliphatic carbocycles. The fourth-order valence-corrected chi connectivity index (χ4v) is 2.54. The molecule has 0 amide bonds. The summed E-state index contributed by atoms with van der Waals surface area (Å²) in [6, 6.07) is 8.49. The molecule has 2 rings (SSSR count). The van der Waals surface area contributed by atoms with Gasteiger partial charge in [-0.3, -0.25) is 4.18 Å². The first kappa shape index (κ1) is 16.0. The summed E-state index contributed by atoms with van der Waals surface area (Å²) in [7, 11) is -1.72. The van der Waals surface area contributed by atoms with E-state index in [1.165, 1.54) is 0 Å². The highest BCUT2D eigenvalue weighted by atomic mass is 32.2. The quantitative estimate of drug-likeness (QED) is 0.430. The van der Waals surface area contributed by atoms with Crippen molar-refractivity contribution < 1.29 is 26.9 Å². The van der Waals surface area contributed by atoms with Crippen molar-refractivity contribution in [2.45, 2.75) is 24.6 Å². The van der Waals surface area contributed by atoms with E-state index in [1.807, 2.05) is 7.85 Å². The smallest absolute Gasteiger partial charge is 0.338 e. The van der Waals surface area contributed by atoms with Gasteiger partial charge >= 0.3 is 5.97 Å². The number of esters is 1. The molecular weight excluding hydrogens is 295 g/mol. The van der Waals surface area contributed by atoms with Crippen LogP contribution in [0.15, 0.2) is 30.3 Å². The molecule has 1 aliphatic rings. The van der Waals surface area contributed by atoms with Gasteiger partial charge in [-0.15, -0.1) is 0 Å². The summed E-state index contributed by atoms with van der Waals surface area (Å²) in [5, 5.41) is 0. The Kier molecular flexibility index (Phi) is 5.02. The standard InChI is InChI=1S/C13H17BO6S/c1-21(16,17)18-8-11-10(7-12(14)19-11)20-13(15)9-5-3-2-4-6-9/h2-6,10-12H,7-8,14H2,1H3/t10?,11-,12-/m1/s1. The molecule has 1 fully saturated rings. The molecule has 1 aliphatic heterocycles. The van der Waals surface area contributed by atoms with Crippen LogP contribution in [0.4, 0.5) is 0 Å². The minimum absolute atomic E-state index is 0.119. The van der Waals surface area contributed by atoms with Gasteiger partial charge in [0, 0.05) is 12.4 Å². The normalized spacial score (nSPS) is 25.7. The Bertz CT molecular complexity index is 588. The summed E-state index contributed by atoms with van der Waals surface area (Å²) in [6.07, 6.45) is 0.379. The molecule has 0 saturated carbocycles. The number of rotatable bonds is 5. The molecule has 6 nitrogen and oxygen atoms in total. The van der Waals surface area contributed by atoms with Crippen molar-refractivity contribution in [2.24, 2.45) is 0 Å². The first-order valence-corrected chi connectivity index (χ1v) is 8.42. The van der Waals surface area contributed by atoms with Gasteiger partial charge in [-0.25, -0.2) is 4.79 Å². The van der Waals surface area contributed by atoms with Crippen LogP contribution in [-0.4, -0.2) is 53.3 Å². The van der Waals surface area contributed by atoms with Gasteiger partial charge < -0.3 is 9.47 Å². The second-order valence-corrected chi connectivity index (χ2v) is 6.66. The Hall–Kier alpha value is -1.38. The van der Waals surface area contributed by atoms with Crippen LogP contribution in [0.5, 0.6) is 0 Å². The zero-order valence-electron chi connectivity index (χ0n) is 11.9. The molecule has 1 aromatic rings. The Morgan fingerprint density at radius 3 is 2.67 bits per heavy atom. The highest BCUT2D eigenvalue weighted by Gasteiger charge is 2.36. The van der Waals surface area contributed by atoms with Crippen molar-refractivity contribution in [1.29, 1.82) is 0 Å². The summed E-state index contributed by atoms with van der Waals surface area (Å²) in [4.78, 5) is 12.0. The van der Waals surface area contributed by atoms with Crippen molar-refractivity contribution in [3.63, 3.8) is 0 Å². The number of benzene rings is 1. The Labute approximate surface area is 124 Å². The molecule has 21 heavy (non-hydrogen) atoms. The van der Waals surface area contributed by atoms with E-state index in [0.717, 1.165) is 6.26 Å². The molecule has 114 valence electrons. The van der Waals surface area contributed by atoms with Crippen LogP contribution in [0.3, 0.4) is 0 Å². The molecule has 1 saturated heterocycles. The molecule has 0 bridgehead atoms. The van der Waals surface area contributed by atoms with E-state index in [1.54, 1.807) is 30.3 Å². The third kappa shape index (κ3) is 4.84. The van der Waals surface area contributed by atoms with Crippen LogP contribution in [0.1, 0.15) is 16.8 Å². The molecule has 1 heterocycles. The van der Waals surface area contributed by atoms with Gasteiger partial charge in [0.25, 0.3) is 10.1 Å². The molecule has 0 spiro atoms. The summed E-state index contributed by atoms with van der Waals surface area (Å²) in [5.41, 5.74) is 0.444. The number of carbonyl (C=O) groups is 1. The molecule has 0 radical (unpaired) electrons. The highest BCUT2D eigenvalue weighted by molar-refractivity contribution is 7.85. The van der Waals surface area contributed by atoms with Gasteiger partial charge in [-0.2, -0.15) is 8.42 Å². The van der Waals surface area contributed by atoms with Gasteiger partial charge in [0.05, 0.1) is 18.4 Å². The lowest BCUT2D eigenvalue weighted by molar-refractivity contribution is -0.0178. The zero-order chi connectivity index (χ0) is 15.5. The molecule has 3 atom stereocenters. The summed E-state index contributed by atoms with van der Waals surface area (Å²) >= 11 is 0. The Balaban J connectivity index is 1.98. The maximum Gasteiger partial charge on any atom is 0.338 e. The minimum atomic E-state index is -3.55. The predicted molar refractivity (Wildman–Crippen MR) is 78.3 cm³/mol. The van der Waals surface area contributed by atoms with E-state index in [0.29, 0.717) is 12.0 Å². The van der Waals surface area contributed by atoms with Crippen LogP contribution in [0.2, 0.25) is 0 Å². The largest absolute Gasteiger partial charge is 0.456 e. The number of carbonyl (C=O) groups excluding carboxylic acids is 1. The Morgan fingerprint density at radius 2 is 2.05 bits per heavy atom. The van der Waals surface area contributed by atoms with Gasteiger partial charge in [0.2, 0.25) is 0 Å². The third-order valence-corrected chi connectivity index (χ3v) is 3.66. The average molecular weight is 312 g/mol. The summed E-state index contributed by atoms with van der Waals surface area (Å²) < 4.78 is 37.7. The molecule has 0 aromatic heterocycles. The van der Waals surface area contributed by atoms with Crippen LogP contribution in [-0.2, 0) is 23.8 Å². The van der Waals surface area contributed by atoms with E-state index in [-0.39, 0.29) is 12.6 Å². The van der Waals surface area contributed by atoms with Crippen LogP contribution in [0, 0.1) is 0 Å². The van der Waals surface area contributed by atoms with Crippen molar-refractivity contribution >= 4 is 23.9 Å². The first-order chi connectivity index (χ1) is 9.85. The first-order valence-electron chi connectivity index (χ1n) is 6.61. The third-order valence-electron chi connectivity index (χ3n) is 3.10. The summed E-state index contributed by atoms with van der Waals surface area (Å²) in [5.74, 6) is -0.456. The maximum atomic E-state index is 12.0. The van der Waals surface area contributed by atoms with Crippen molar-refractivity contribution in [2.75, 3.05) is 12.9 Å². The average Bonchev–Trinajstić information content (AvgIpc) is 2.77. The fraction of sp³-hybridized carbons (Fsp3) is 0.462. The molecule has 0 N–H and O–H groups in total. The van der Waals surface area contributed by atoms with E-state index >= 15 is 0 Å². The molecule has 1 unspecified atom stereocenters. The van der Waals surface area contributed by atoms with Crippen molar-refractivity contribution in [3.8, 4) is 0 Å². The minimum Gasteiger partial charge on any atom is -0.456 e. The Morgan fingerprint density at radius 1 is 1.38 bits per heavy atom. The number of ether oxygens (including phenoxy) is 2. The van der Waals surface area contributed by atoms with Crippen LogP contribution < -0.4 is 0 Å². The van der Waals surface area contributed by atoms with Crippen LogP contribution in [0.25, 0.3) is 0 Å². The fourth-order valence-electron chi connectivity index (χ4n) is 2.16. The SMILES string of the molecule is B[C@H]1CC(OC(=O)c2ccccc2)[C@@H](COS(C)(=O)=O)O1. The van der Waals surface area contributed by atoms with Gasteiger partial charge in [-0.05, 0) is 12.1 Å². The maximum absolute atomic E-state index is 12.0. The van der Waals surface area contributed by atoms with E-state index < -0.39 is 28.3 Å². The lowest BCUT2D eigenvalue weighted by atomic mass is 9.96. The topological polar surface area (TPSA) is 78.9 Å². The van der Waals surface area contributed by atoms with Crippen LogP contribution >= 0.6 is 0 Å². The molecule has 8 heteroatoms. The molecular formula is C13H17BO6S. The molecule has 1 aromatic carbocycles. The lowest BCUT2D eigenvalue weighted by Crippen LogP contribution is -2.32. The van der Waals surface area contributed by atoms with Gasteiger partial charge in [0.1, 0.15) is 20.1 Å². The lowest BCUT2D eigenvalue weighted by Gasteiger charge is -2.18. The monoisotopic (exact) mass is 312 g/mol. The second-order valence-electron chi connectivity index (χ2n) is 5.02. The second kappa shape index (κ2) is 6.59. The van der Waals surface area contributed by atoms with Crippen molar-refractivity contribution in [3.05, 3.63) is 35.9 Å². The van der Waals surface area contributed by atoms with Crippen molar-refractivity contribution in [1.82, 2.24) is 0 Å². The summed E-state index contributed by atoms with van der Waals surface area (Å²) in [6.45, 7) is -0.157. The van der Waals surface area contributed by atoms with Gasteiger partial charge in [-0.1, -0.05) is 18.2 Å². The predicted octanol–water partition coefficient (Wildman–Crippen LogP) is -0.0637.